The fourth-order valence-corrected chi connectivity index (χ4v) is 3.81. The standard InChI is InChI=1S/C14H18N4OS/c1-8-4-5-17-13-10(8)11(16)12(20-13)14(19)18-6-2-3-9(15)7-18/h4-5,9H,2-3,6-7,15-16H2,1H3. The van der Waals surface area contributed by atoms with Crippen molar-refractivity contribution in [1.29, 1.82) is 0 Å². The van der Waals surface area contributed by atoms with Crippen LogP contribution < -0.4 is 11.5 Å². The van der Waals surface area contributed by atoms with Gasteiger partial charge in [0.15, 0.2) is 0 Å². The molecule has 1 saturated heterocycles. The van der Waals surface area contributed by atoms with Gasteiger partial charge in [0.05, 0.1) is 5.69 Å². The average molecular weight is 290 g/mol. The van der Waals surface area contributed by atoms with E-state index < -0.39 is 0 Å². The second-order valence-electron chi connectivity index (χ2n) is 5.31. The number of thiophene rings is 1. The zero-order valence-corrected chi connectivity index (χ0v) is 12.2. The predicted molar refractivity (Wildman–Crippen MR) is 81.9 cm³/mol. The van der Waals surface area contributed by atoms with Crippen LogP contribution in [0.1, 0.15) is 28.1 Å². The Morgan fingerprint density at radius 1 is 1.55 bits per heavy atom. The minimum Gasteiger partial charge on any atom is -0.397 e. The summed E-state index contributed by atoms with van der Waals surface area (Å²) >= 11 is 1.37. The number of fused-ring (bicyclic) bond motifs is 1. The van der Waals surface area contributed by atoms with Crippen molar-refractivity contribution in [2.24, 2.45) is 5.73 Å². The molecule has 1 atom stereocenters. The summed E-state index contributed by atoms with van der Waals surface area (Å²) in [6.07, 6.45) is 3.68. The van der Waals surface area contributed by atoms with Gasteiger partial charge in [-0.2, -0.15) is 0 Å². The molecule has 3 heterocycles. The number of nitrogens with two attached hydrogens (primary N) is 2. The zero-order chi connectivity index (χ0) is 14.3. The van der Waals surface area contributed by atoms with E-state index in [2.05, 4.69) is 4.98 Å². The number of rotatable bonds is 1. The lowest BCUT2D eigenvalue weighted by Crippen LogP contribution is -2.45. The molecule has 4 N–H and O–H groups in total. The Bertz CT molecular complexity index is 666. The maximum atomic E-state index is 12.6. The second kappa shape index (κ2) is 5.03. The van der Waals surface area contributed by atoms with Crippen LogP contribution in [0.4, 0.5) is 5.69 Å². The number of hydrogen-bond donors (Lipinski definition) is 2. The van der Waals surface area contributed by atoms with Crippen LogP contribution in [-0.2, 0) is 0 Å². The molecule has 0 bridgehead atoms. The molecule has 6 heteroatoms. The summed E-state index contributed by atoms with van der Waals surface area (Å²) in [6, 6.07) is 1.99. The van der Waals surface area contributed by atoms with Gasteiger partial charge in [-0.15, -0.1) is 11.3 Å². The first-order valence-corrected chi connectivity index (χ1v) is 7.58. The smallest absolute Gasteiger partial charge is 0.266 e. The van der Waals surface area contributed by atoms with Crippen LogP contribution >= 0.6 is 11.3 Å². The van der Waals surface area contributed by atoms with Crippen LogP contribution in [0.5, 0.6) is 0 Å². The van der Waals surface area contributed by atoms with Gasteiger partial charge in [-0.3, -0.25) is 4.79 Å². The fraction of sp³-hybridized carbons (Fsp3) is 0.429. The Hall–Kier alpha value is -1.66. The summed E-state index contributed by atoms with van der Waals surface area (Å²) < 4.78 is 0. The van der Waals surface area contributed by atoms with Gasteiger partial charge in [-0.05, 0) is 31.4 Å². The SMILES string of the molecule is Cc1ccnc2sc(C(=O)N3CCCC(N)C3)c(N)c12. The van der Waals surface area contributed by atoms with Crippen LogP contribution in [0.25, 0.3) is 10.2 Å². The van der Waals surface area contributed by atoms with E-state index in [-0.39, 0.29) is 11.9 Å². The van der Waals surface area contributed by atoms with Crippen molar-refractivity contribution in [3.63, 3.8) is 0 Å². The number of carbonyl (C=O) groups excluding carboxylic acids is 1. The maximum absolute atomic E-state index is 12.6. The first-order valence-electron chi connectivity index (χ1n) is 6.76. The van der Waals surface area contributed by atoms with Crippen LogP contribution in [0.15, 0.2) is 12.3 Å². The highest BCUT2D eigenvalue weighted by Crippen LogP contribution is 2.35. The van der Waals surface area contributed by atoms with E-state index in [0.29, 0.717) is 17.1 Å². The highest BCUT2D eigenvalue weighted by Gasteiger charge is 2.26. The molecule has 2 aromatic rings. The lowest BCUT2D eigenvalue weighted by atomic mass is 10.1. The molecule has 106 valence electrons. The normalized spacial score (nSPS) is 19.5. The molecule has 1 unspecified atom stereocenters. The second-order valence-corrected chi connectivity index (χ2v) is 6.31. The molecule has 1 aliphatic rings. The van der Waals surface area contributed by atoms with Gasteiger partial charge in [-0.25, -0.2) is 4.98 Å². The number of likely N-dealkylation sites (tertiary alicyclic amines) is 1. The lowest BCUT2D eigenvalue weighted by molar-refractivity contribution is 0.0715. The fourth-order valence-electron chi connectivity index (χ4n) is 2.70. The number of amides is 1. The maximum Gasteiger partial charge on any atom is 0.266 e. The number of anilines is 1. The molecule has 1 fully saturated rings. The first kappa shape index (κ1) is 13.3. The number of hydrogen-bond acceptors (Lipinski definition) is 5. The Kier molecular flexibility index (Phi) is 3.35. The van der Waals surface area contributed by atoms with Crippen molar-refractivity contribution < 1.29 is 4.79 Å². The van der Waals surface area contributed by atoms with Gasteiger partial charge in [0, 0.05) is 30.7 Å². The van der Waals surface area contributed by atoms with Crippen LogP contribution in [-0.4, -0.2) is 34.9 Å². The van der Waals surface area contributed by atoms with Crippen molar-refractivity contribution >= 4 is 33.1 Å². The van der Waals surface area contributed by atoms with Crippen molar-refractivity contribution in [3.05, 3.63) is 22.7 Å². The number of nitrogen functional groups attached to an aromatic ring is 1. The molecular formula is C14H18N4OS. The molecule has 2 aromatic heterocycles. The molecule has 5 nitrogen and oxygen atoms in total. The van der Waals surface area contributed by atoms with Crippen LogP contribution in [0.2, 0.25) is 0 Å². The summed E-state index contributed by atoms with van der Waals surface area (Å²) in [5.74, 6) is -0.0138. The highest BCUT2D eigenvalue weighted by atomic mass is 32.1. The van der Waals surface area contributed by atoms with Gasteiger partial charge in [-0.1, -0.05) is 0 Å². The van der Waals surface area contributed by atoms with Gasteiger partial charge >= 0.3 is 0 Å². The zero-order valence-electron chi connectivity index (χ0n) is 11.4. The number of pyridine rings is 1. The van der Waals surface area contributed by atoms with E-state index in [4.69, 9.17) is 11.5 Å². The van der Waals surface area contributed by atoms with Crippen molar-refractivity contribution in [1.82, 2.24) is 9.88 Å². The quantitative estimate of drug-likeness (QED) is 0.838. The van der Waals surface area contributed by atoms with Gasteiger partial charge in [0.2, 0.25) is 0 Å². The molecule has 1 aliphatic heterocycles. The lowest BCUT2D eigenvalue weighted by Gasteiger charge is -2.30. The molecule has 0 aliphatic carbocycles. The first-order chi connectivity index (χ1) is 9.58. The Morgan fingerprint density at radius 3 is 3.05 bits per heavy atom. The van der Waals surface area contributed by atoms with Crippen LogP contribution in [0, 0.1) is 6.92 Å². The number of piperidine rings is 1. The average Bonchev–Trinajstić information content (AvgIpc) is 2.76. The highest BCUT2D eigenvalue weighted by molar-refractivity contribution is 7.21. The number of carbonyl (C=O) groups is 1. The van der Waals surface area contributed by atoms with Crippen molar-refractivity contribution in [2.45, 2.75) is 25.8 Å². The van der Waals surface area contributed by atoms with E-state index in [1.807, 2.05) is 17.9 Å². The van der Waals surface area contributed by atoms with E-state index >= 15 is 0 Å². The minimum atomic E-state index is -0.0138. The van der Waals surface area contributed by atoms with Crippen molar-refractivity contribution in [3.8, 4) is 0 Å². The molecule has 20 heavy (non-hydrogen) atoms. The number of aromatic nitrogens is 1. The third kappa shape index (κ3) is 2.14. The summed E-state index contributed by atoms with van der Waals surface area (Å²) in [7, 11) is 0. The molecule has 0 aromatic carbocycles. The number of nitrogens with zero attached hydrogens (tertiary/aromatic N) is 2. The molecule has 1 amide bonds. The van der Waals surface area contributed by atoms with E-state index in [1.54, 1.807) is 6.20 Å². The van der Waals surface area contributed by atoms with E-state index in [9.17, 15) is 4.79 Å². The molecule has 0 saturated carbocycles. The van der Waals surface area contributed by atoms with E-state index in [1.165, 1.54) is 11.3 Å². The third-order valence-corrected chi connectivity index (χ3v) is 4.88. The largest absolute Gasteiger partial charge is 0.397 e. The summed E-state index contributed by atoms with van der Waals surface area (Å²) in [4.78, 5) is 20.2. The molecular weight excluding hydrogens is 272 g/mol. The Labute approximate surface area is 121 Å². The molecule has 0 spiro atoms. The third-order valence-electron chi connectivity index (χ3n) is 3.78. The van der Waals surface area contributed by atoms with Crippen LogP contribution in [0.3, 0.4) is 0 Å². The minimum absolute atomic E-state index is 0.0138. The Balaban J connectivity index is 1.99. The Morgan fingerprint density at radius 2 is 2.35 bits per heavy atom. The molecule has 3 rings (SSSR count). The monoisotopic (exact) mass is 290 g/mol. The molecule has 0 radical (unpaired) electrons. The van der Waals surface area contributed by atoms with E-state index in [0.717, 1.165) is 35.2 Å². The summed E-state index contributed by atoms with van der Waals surface area (Å²) in [6.45, 7) is 3.35. The predicted octanol–water partition coefficient (Wildman–Crippen LogP) is 1.75. The number of aryl methyl sites for hydroxylation is 1. The van der Waals surface area contributed by atoms with Gasteiger partial charge in [0.25, 0.3) is 5.91 Å². The summed E-state index contributed by atoms with van der Waals surface area (Å²) in [5.41, 5.74) is 13.7. The topological polar surface area (TPSA) is 85.2 Å². The van der Waals surface area contributed by atoms with Crippen molar-refractivity contribution in [2.75, 3.05) is 18.8 Å². The van der Waals surface area contributed by atoms with Gasteiger partial charge < -0.3 is 16.4 Å². The van der Waals surface area contributed by atoms with Gasteiger partial charge in [0.1, 0.15) is 9.71 Å². The summed E-state index contributed by atoms with van der Waals surface area (Å²) in [5, 5.41) is 0.905.